The highest BCUT2D eigenvalue weighted by Gasteiger charge is 2.11. The summed E-state index contributed by atoms with van der Waals surface area (Å²) in [5, 5.41) is 2.32. The monoisotopic (exact) mass is 311 g/mol. The third-order valence-electron chi connectivity index (χ3n) is 3.64. The lowest BCUT2D eigenvalue weighted by Gasteiger charge is -2.05. The number of halogens is 1. The van der Waals surface area contributed by atoms with Crippen LogP contribution in [-0.4, -0.2) is 20.8 Å². The summed E-state index contributed by atoms with van der Waals surface area (Å²) in [6.07, 6.45) is 3.47. The topological polar surface area (TPSA) is 56.5 Å². The average molecular weight is 312 g/mol. The molecule has 22 heavy (non-hydrogen) atoms. The highest BCUT2D eigenvalue weighted by atomic mass is 35.5. The zero-order valence-corrected chi connectivity index (χ0v) is 12.1. The first-order chi connectivity index (χ1) is 10.8. The molecule has 3 aromatic heterocycles. The smallest absolute Gasteiger partial charge is 0.293 e. The van der Waals surface area contributed by atoms with E-state index in [2.05, 4.69) is 9.97 Å². The molecule has 3 heterocycles. The number of pyridine rings is 1. The number of carbonyl (C=O) groups excluding carboxylic acids is 1. The summed E-state index contributed by atoms with van der Waals surface area (Å²) in [5.41, 5.74) is 3.59. The summed E-state index contributed by atoms with van der Waals surface area (Å²) >= 11 is 6.25. The van der Waals surface area contributed by atoms with Gasteiger partial charge in [0.05, 0.1) is 17.2 Å². The zero-order chi connectivity index (χ0) is 15.1. The van der Waals surface area contributed by atoms with E-state index < -0.39 is 0 Å². The second kappa shape index (κ2) is 4.96. The maximum Gasteiger partial charge on any atom is 0.293 e. The first kappa shape index (κ1) is 13.0. The van der Waals surface area contributed by atoms with Gasteiger partial charge in [0.15, 0.2) is 0 Å². The molecule has 0 bridgehead atoms. The lowest BCUT2D eigenvalue weighted by Crippen LogP contribution is -1.93. The first-order valence-electron chi connectivity index (χ1n) is 6.66. The van der Waals surface area contributed by atoms with Crippen LogP contribution in [0.3, 0.4) is 0 Å². The Morgan fingerprint density at radius 3 is 3.00 bits per heavy atom. The molecule has 1 aromatic carbocycles. The number of fused-ring (bicyclic) bond motifs is 5. The Balaban J connectivity index is 2.05. The molecule has 4 rings (SSSR count). The van der Waals surface area contributed by atoms with Gasteiger partial charge in [-0.1, -0.05) is 17.7 Å². The molecule has 0 radical (unpaired) electrons. The summed E-state index contributed by atoms with van der Waals surface area (Å²) in [6, 6.07) is 9.69. The van der Waals surface area contributed by atoms with Crippen molar-refractivity contribution in [2.45, 2.75) is 6.61 Å². The van der Waals surface area contributed by atoms with Gasteiger partial charge in [0, 0.05) is 17.0 Å². The molecule has 0 amide bonds. The Morgan fingerprint density at radius 1 is 1.23 bits per heavy atom. The Kier molecular flexibility index (Phi) is 2.94. The Morgan fingerprint density at radius 2 is 2.14 bits per heavy atom. The summed E-state index contributed by atoms with van der Waals surface area (Å²) in [7, 11) is 0. The van der Waals surface area contributed by atoms with Crippen molar-refractivity contribution >= 4 is 45.5 Å². The second-order valence-electron chi connectivity index (χ2n) is 4.93. The molecule has 0 fully saturated rings. The van der Waals surface area contributed by atoms with Crippen molar-refractivity contribution in [3.63, 3.8) is 0 Å². The number of rotatable bonds is 3. The minimum atomic E-state index is 0.252. The van der Waals surface area contributed by atoms with Gasteiger partial charge in [-0.05, 0) is 29.8 Å². The molecule has 6 heteroatoms. The van der Waals surface area contributed by atoms with Gasteiger partial charge in [-0.25, -0.2) is 4.98 Å². The number of hydrogen-bond acceptors (Lipinski definition) is 4. The minimum absolute atomic E-state index is 0.252. The molecule has 0 saturated heterocycles. The number of carbonyl (C=O) groups is 1. The predicted molar refractivity (Wildman–Crippen MR) is 83.9 cm³/mol. The predicted octanol–water partition coefficient (Wildman–Crippen LogP) is 3.36. The fraction of sp³-hybridized carbons (Fsp3) is 0.0625. The van der Waals surface area contributed by atoms with E-state index in [1.54, 1.807) is 12.4 Å². The van der Waals surface area contributed by atoms with E-state index in [0.717, 1.165) is 33.0 Å². The molecular formula is C16H10ClN3O2. The van der Waals surface area contributed by atoms with Gasteiger partial charge in [-0.3, -0.25) is 14.2 Å². The Bertz CT molecular complexity index is 1030. The molecule has 4 aromatic rings. The summed E-state index contributed by atoms with van der Waals surface area (Å²) in [6.45, 7) is 0.697. The van der Waals surface area contributed by atoms with Crippen molar-refractivity contribution in [2.24, 2.45) is 0 Å². The van der Waals surface area contributed by atoms with Crippen LogP contribution in [0.15, 0.2) is 42.7 Å². The van der Waals surface area contributed by atoms with Crippen molar-refractivity contribution in [2.75, 3.05) is 0 Å². The van der Waals surface area contributed by atoms with E-state index in [4.69, 9.17) is 16.3 Å². The molecule has 0 spiro atoms. The molecule has 0 unspecified atom stereocenters. The van der Waals surface area contributed by atoms with Crippen molar-refractivity contribution in [1.29, 1.82) is 0 Å². The number of ether oxygens (including phenoxy) is 1. The number of nitrogens with zero attached hydrogens (tertiary/aromatic N) is 3. The molecule has 0 aliphatic carbocycles. The number of benzene rings is 1. The van der Waals surface area contributed by atoms with Gasteiger partial charge in [-0.15, -0.1) is 0 Å². The molecule has 0 N–H and O–H groups in total. The van der Waals surface area contributed by atoms with Crippen LogP contribution >= 0.6 is 11.6 Å². The van der Waals surface area contributed by atoms with Crippen molar-refractivity contribution in [3.05, 3.63) is 53.4 Å². The fourth-order valence-electron chi connectivity index (χ4n) is 2.71. The van der Waals surface area contributed by atoms with Gasteiger partial charge < -0.3 is 4.74 Å². The quantitative estimate of drug-likeness (QED) is 0.430. The van der Waals surface area contributed by atoms with Crippen LogP contribution in [0, 0.1) is 0 Å². The third-order valence-corrected chi connectivity index (χ3v) is 3.93. The molecule has 0 aliphatic heterocycles. The third kappa shape index (κ3) is 1.90. The average Bonchev–Trinajstić information content (AvgIpc) is 2.90. The lowest BCUT2D eigenvalue weighted by atomic mass is 10.2. The summed E-state index contributed by atoms with van der Waals surface area (Å²) in [5.74, 6) is 0. The first-order valence-corrected chi connectivity index (χ1v) is 7.04. The molecule has 0 atom stereocenters. The van der Waals surface area contributed by atoms with E-state index in [-0.39, 0.29) is 6.61 Å². The number of hydrogen-bond donors (Lipinski definition) is 0. The molecule has 108 valence electrons. The van der Waals surface area contributed by atoms with Crippen LogP contribution in [0.4, 0.5) is 0 Å². The van der Waals surface area contributed by atoms with Crippen LogP contribution in [-0.2, 0) is 16.1 Å². The minimum Gasteiger partial charge on any atom is -0.463 e. The van der Waals surface area contributed by atoms with E-state index in [9.17, 15) is 4.79 Å². The SMILES string of the molecule is O=COCc1ccc2c(c1)cc1nc(Cl)c3ccncc3n12. The Labute approximate surface area is 130 Å². The molecule has 0 saturated carbocycles. The zero-order valence-electron chi connectivity index (χ0n) is 11.4. The van der Waals surface area contributed by atoms with Gasteiger partial charge >= 0.3 is 0 Å². The summed E-state index contributed by atoms with van der Waals surface area (Å²) in [4.78, 5) is 18.9. The lowest BCUT2D eigenvalue weighted by molar-refractivity contribution is -0.129. The molecule has 5 nitrogen and oxygen atoms in total. The van der Waals surface area contributed by atoms with Gasteiger partial charge in [0.1, 0.15) is 17.4 Å². The van der Waals surface area contributed by atoms with Crippen molar-refractivity contribution < 1.29 is 9.53 Å². The number of aromatic nitrogens is 3. The van der Waals surface area contributed by atoms with Crippen LogP contribution in [0.1, 0.15) is 5.56 Å². The van der Waals surface area contributed by atoms with Gasteiger partial charge in [-0.2, -0.15) is 0 Å². The van der Waals surface area contributed by atoms with E-state index in [0.29, 0.717) is 11.6 Å². The van der Waals surface area contributed by atoms with Crippen LogP contribution < -0.4 is 0 Å². The van der Waals surface area contributed by atoms with Gasteiger partial charge in [0.2, 0.25) is 0 Å². The van der Waals surface area contributed by atoms with Gasteiger partial charge in [0.25, 0.3) is 6.47 Å². The van der Waals surface area contributed by atoms with Crippen LogP contribution in [0.2, 0.25) is 5.15 Å². The van der Waals surface area contributed by atoms with Crippen molar-refractivity contribution in [1.82, 2.24) is 14.4 Å². The Hall–Kier alpha value is -2.66. The molecular weight excluding hydrogens is 302 g/mol. The maximum atomic E-state index is 10.3. The largest absolute Gasteiger partial charge is 0.463 e. The maximum absolute atomic E-state index is 10.3. The van der Waals surface area contributed by atoms with Crippen molar-refractivity contribution in [3.8, 4) is 0 Å². The van der Waals surface area contributed by atoms with E-state index in [1.807, 2.05) is 34.7 Å². The normalized spacial score (nSPS) is 11.3. The standard InChI is InChI=1S/C16H10ClN3O2/c17-16-12-3-4-18-7-14(12)20-13-2-1-10(8-22-9-21)5-11(13)6-15(20)19-16/h1-7,9H,8H2. The summed E-state index contributed by atoms with van der Waals surface area (Å²) < 4.78 is 6.82. The highest BCUT2D eigenvalue weighted by Crippen LogP contribution is 2.28. The molecule has 0 aliphatic rings. The fourth-order valence-corrected chi connectivity index (χ4v) is 2.95. The van der Waals surface area contributed by atoms with E-state index in [1.165, 1.54) is 0 Å². The van der Waals surface area contributed by atoms with Crippen LogP contribution in [0.25, 0.3) is 27.5 Å². The highest BCUT2D eigenvalue weighted by molar-refractivity contribution is 6.34. The van der Waals surface area contributed by atoms with E-state index >= 15 is 0 Å². The van der Waals surface area contributed by atoms with Crippen LogP contribution in [0.5, 0.6) is 0 Å². The second-order valence-corrected chi connectivity index (χ2v) is 5.29.